The second-order valence-corrected chi connectivity index (χ2v) is 7.98. The fourth-order valence-electron chi connectivity index (χ4n) is 4.12. The number of hydrogen-bond acceptors (Lipinski definition) is 3. The van der Waals surface area contributed by atoms with Gasteiger partial charge in [0.2, 0.25) is 0 Å². The summed E-state index contributed by atoms with van der Waals surface area (Å²) in [5, 5.41) is 12.0. The van der Waals surface area contributed by atoms with Crippen LogP contribution in [0, 0.1) is 11.8 Å². The number of rotatable bonds is 1. The molecule has 1 unspecified atom stereocenters. The Morgan fingerprint density at radius 1 is 1.29 bits per heavy atom. The predicted octanol–water partition coefficient (Wildman–Crippen LogP) is 3.45. The number of likely N-dealkylation sites (tertiary alicyclic amines) is 1. The number of aliphatic hydroxyl groups is 1. The summed E-state index contributed by atoms with van der Waals surface area (Å²) in [6, 6.07) is 3.78. The van der Waals surface area contributed by atoms with Crippen LogP contribution >= 0.6 is 11.6 Å². The number of piperidine rings is 1. The lowest BCUT2D eigenvalue weighted by atomic mass is 9.62. The zero-order valence-electron chi connectivity index (χ0n) is 13.1. The lowest BCUT2D eigenvalue weighted by Gasteiger charge is -2.56. The Hall–Kier alpha value is -0.640. The van der Waals surface area contributed by atoms with Gasteiger partial charge in [-0.1, -0.05) is 18.0 Å². The van der Waals surface area contributed by atoms with Crippen molar-refractivity contribution in [3.8, 4) is 0 Å². The van der Waals surface area contributed by atoms with Crippen LogP contribution in [0.25, 0.3) is 0 Å². The Bertz CT molecular complexity index is 512. The molecule has 3 atom stereocenters. The molecule has 21 heavy (non-hydrogen) atoms. The van der Waals surface area contributed by atoms with Crippen molar-refractivity contribution in [2.75, 3.05) is 13.1 Å². The lowest BCUT2D eigenvalue weighted by molar-refractivity contribution is -0.160. The molecule has 2 bridgehead atoms. The van der Waals surface area contributed by atoms with E-state index in [9.17, 15) is 5.11 Å². The number of aromatic nitrogens is 1. The van der Waals surface area contributed by atoms with E-state index in [0.717, 1.165) is 31.5 Å². The molecule has 1 aliphatic carbocycles. The van der Waals surface area contributed by atoms with E-state index >= 15 is 0 Å². The molecule has 2 fully saturated rings. The van der Waals surface area contributed by atoms with Crippen molar-refractivity contribution in [1.29, 1.82) is 0 Å². The standard InChI is InChI=1S/C17H25ClN2O/c1-16(2,3)20-10-13-5-4-6-14(11-20)17(13,21)12-7-8-19-15(18)9-12/h7-9,13-14,21H,4-6,10-11H2,1-3H3/t13-,14+,17?. The summed E-state index contributed by atoms with van der Waals surface area (Å²) in [7, 11) is 0. The highest BCUT2D eigenvalue weighted by molar-refractivity contribution is 6.29. The zero-order chi connectivity index (χ0) is 15.3. The molecule has 0 aromatic carbocycles. The minimum Gasteiger partial charge on any atom is -0.384 e. The van der Waals surface area contributed by atoms with Gasteiger partial charge < -0.3 is 5.11 Å². The van der Waals surface area contributed by atoms with Crippen LogP contribution in [0.15, 0.2) is 18.3 Å². The molecule has 1 N–H and O–H groups in total. The van der Waals surface area contributed by atoms with E-state index in [1.165, 1.54) is 6.42 Å². The summed E-state index contributed by atoms with van der Waals surface area (Å²) in [4.78, 5) is 6.58. The van der Waals surface area contributed by atoms with Crippen LogP contribution in [0.1, 0.15) is 45.6 Å². The summed E-state index contributed by atoms with van der Waals surface area (Å²) in [5.41, 5.74) is 0.364. The SMILES string of the molecule is CC(C)(C)N1C[C@H]2CCC[C@@H](C1)C2(O)c1ccnc(Cl)c1. The molecule has 116 valence electrons. The maximum absolute atomic E-state index is 11.5. The number of pyridine rings is 1. The van der Waals surface area contributed by atoms with Gasteiger partial charge in [0.25, 0.3) is 0 Å². The van der Waals surface area contributed by atoms with E-state index < -0.39 is 5.60 Å². The molecule has 0 radical (unpaired) electrons. The highest BCUT2D eigenvalue weighted by Gasteiger charge is 2.52. The van der Waals surface area contributed by atoms with Gasteiger partial charge in [0, 0.05) is 36.7 Å². The average molecular weight is 309 g/mol. The Morgan fingerprint density at radius 2 is 1.90 bits per heavy atom. The molecular formula is C17H25ClN2O. The van der Waals surface area contributed by atoms with Crippen LogP contribution in [-0.4, -0.2) is 33.6 Å². The molecule has 3 rings (SSSR count). The molecule has 1 saturated carbocycles. The first-order chi connectivity index (χ1) is 9.81. The predicted molar refractivity (Wildman–Crippen MR) is 85.3 cm³/mol. The minimum absolute atomic E-state index is 0.158. The zero-order valence-corrected chi connectivity index (χ0v) is 13.9. The molecule has 0 amide bonds. The van der Waals surface area contributed by atoms with Crippen LogP contribution in [0.2, 0.25) is 5.15 Å². The third kappa shape index (κ3) is 2.60. The largest absolute Gasteiger partial charge is 0.384 e. The molecule has 1 aromatic heterocycles. The molecule has 3 nitrogen and oxygen atoms in total. The van der Waals surface area contributed by atoms with Crippen LogP contribution in [0.4, 0.5) is 0 Å². The monoisotopic (exact) mass is 308 g/mol. The second-order valence-electron chi connectivity index (χ2n) is 7.59. The first kappa shape index (κ1) is 15.3. The van der Waals surface area contributed by atoms with Crippen molar-refractivity contribution in [3.63, 3.8) is 0 Å². The van der Waals surface area contributed by atoms with Crippen molar-refractivity contribution in [1.82, 2.24) is 9.88 Å². The van der Waals surface area contributed by atoms with Crippen molar-refractivity contribution in [3.05, 3.63) is 29.0 Å². The lowest BCUT2D eigenvalue weighted by Crippen LogP contribution is -2.61. The molecule has 1 aromatic rings. The Balaban J connectivity index is 1.97. The van der Waals surface area contributed by atoms with Crippen LogP contribution in [-0.2, 0) is 5.60 Å². The molecule has 2 aliphatic rings. The van der Waals surface area contributed by atoms with Crippen LogP contribution in [0.3, 0.4) is 0 Å². The number of nitrogens with zero attached hydrogens (tertiary/aromatic N) is 2. The first-order valence-corrected chi connectivity index (χ1v) is 8.29. The smallest absolute Gasteiger partial charge is 0.129 e. The number of fused-ring (bicyclic) bond motifs is 2. The van der Waals surface area contributed by atoms with Gasteiger partial charge in [-0.3, -0.25) is 4.90 Å². The molecule has 4 heteroatoms. The van der Waals surface area contributed by atoms with E-state index in [2.05, 4.69) is 30.7 Å². The molecule has 1 aliphatic heterocycles. The van der Waals surface area contributed by atoms with E-state index in [4.69, 9.17) is 11.6 Å². The van der Waals surface area contributed by atoms with Crippen LogP contribution < -0.4 is 0 Å². The van der Waals surface area contributed by atoms with E-state index in [0.29, 0.717) is 5.15 Å². The van der Waals surface area contributed by atoms with Gasteiger partial charge in [0.1, 0.15) is 5.15 Å². The fourth-order valence-corrected chi connectivity index (χ4v) is 4.30. The van der Waals surface area contributed by atoms with Gasteiger partial charge in [0.15, 0.2) is 0 Å². The highest BCUT2D eigenvalue weighted by atomic mass is 35.5. The minimum atomic E-state index is -0.743. The molecule has 1 saturated heterocycles. The van der Waals surface area contributed by atoms with Gasteiger partial charge in [-0.05, 0) is 51.3 Å². The summed E-state index contributed by atoms with van der Waals surface area (Å²) >= 11 is 6.05. The van der Waals surface area contributed by atoms with Crippen LogP contribution in [0.5, 0.6) is 0 Å². The maximum Gasteiger partial charge on any atom is 0.129 e. The second kappa shape index (κ2) is 5.22. The van der Waals surface area contributed by atoms with Gasteiger partial charge in [0.05, 0.1) is 5.60 Å². The fraction of sp³-hybridized carbons (Fsp3) is 0.706. The number of halogens is 1. The van der Waals surface area contributed by atoms with E-state index in [-0.39, 0.29) is 17.4 Å². The quantitative estimate of drug-likeness (QED) is 0.807. The third-order valence-electron chi connectivity index (χ3n) is 5.37. The molecule has 2 heterocycles. The van der Waals surface area contributed by atoms with Crippen molar-refractivity contribution >= 4 is 11.6 Å². The number of hydrogen-bond donors (Lipinski definition) is 1. The van der Waals surface area contributed by atoms with Gasteiger partial charge in [-0.25, -0.2) is 4.98 Å². The van der Waals surface area contributed by atoms with Gasteiger partial charge >= 0.3 is 0 Å². The van der Waals surface area contributed by atoms with Gasteiger partial charge in [-0.2, -0.15) is 0 Å². The third-order valence-corrected chi connectivity index (χ3v) is 5.58. The summed E-state index contributed by atoms with van der Waals surface area (Å²) < 4.78 is 0. The summed E-state index contributed by atoms with van der Waals surface area (Å²) in [6.07, 6.45) is 5.09. The molecular weight excluding hydrogens is 284 g/mol. The maximum atomic E-state index is 11.5. The highest BCUT2D eigenvalue weighted by Crippen LogP contribution is 2.50. The van der Waals surface area contributed by atoms with E-state index in [1.54, 1.807) is 6.20 Å². The van der Waals surface area contributed by atoms with Crippen molar-refractivity contribution < 1.29 is 5.11 Å². The summed E-state index contributed by atoms with van der Waals surface area (Å²) in [5.74, 6) is 0.561. The van der Waals surface area contributed by atoms with Crippen molar-refractivity contribution in [2.24, 2.45) is 11.8 Å². The Labute approximate surface area is 132 Å². The normalized spacial score (nSPS) is 34.0. The Morgan fingerprint density at radius 3 is 2.43 bits per heavy atom. The van der Waals surface area contributed by atoms with Gasteiger partial charge in [-0.15, -0.1) is 0 Å². The molecule has 0 spiro atoms. The van der Waals surface area contributed by atoms with E-state index in [1.807, 2.05) is 12.1 Å². The average Bonchev–Trinajstić information content (AvgIpc) is 2.36. The first-order valence-electron chi connectivity index (χ1n) is 7.91. The van der Waals surface area contributed by atoms with Crippen molar-refractivity contribution in [2.45, 2.75) is 51.2 Å². The Kier molecular flexibility index (Phi) is 3.79. The summed E-state index contributed by atoms with van der Waals surface area (Å²) in [6.45, 7) is 8.69. The topological polar surface area (TPSA) is 36.4 Å².